The van der Waals surface area contributed by atoms with Crippen molar-refractivity contribution in [2.75, 3.05) is 17.4 Å². The number of carbonyl (C=O) groups is 2. The predicted molar refractivity (Wildman–Crippen MR) is 164 cm³/mol. The Hall–Kier alpha value is -3.07. The van der Waals surface area contributed by atoms with Crippen LogP contribution in [-0.2, 0) is 26.0 Å². The SMILES string of the molecule is CC[C@@H](C(=O)NC1CCCC1)N(CCc1ccccc1)C(=O)CN(c1cccc(Cl)c1)S(=O)(=O)c1ccc(Cl)cc1. The molecule has 0 unspecified atom stereocenters. The Morgan fingerprint density at radius 2 is 1.61 bits per heavy atom. The molecule has 0 heterocycles. The van der Waals surface area contributed by atoms with Crippen LogP contribution < -0.4 is 9.62 Å². The monoisotopic (exact) mass is 615 g/mol. The van der Waals surface area contributed by atoms with Crippen molar-refractivity contribution in [3.63, 3.8) is 0 Å². The van der Waals surface area contributed by atoms with E-state index in [1.54, 1.807) is 18.2 Å². The Kier molecular flexibility index (Phi) is 10.7. The van der Waals surface area contributed by atoms with Crippen molar-refractivity contribution < 1.29 is 18.0 Å². The lowest BCUT2D eigenvalue weighted by Crippen LogP contribution is -2.54. The normalized spacial score (nSPS) is 14.4. The minimum absolute atomic E-state index is 0.0171. The van der Waals surface area contributed by atoms with E-state index in [1.807, 2.05) is 37.3 Å². The van der Waals surface area contributed by atoms with Gasteiger partial charge in [0.15, 0.2) is 0 Å². The fourth-order valence-electron chi connectivity index (χ4n) is 5.16. The van der Waals surface area contributed by atoms with Gasteiger partial charge in [0.25, 0.3) is 10.0 Å². The number of nitrogens with one attached hydrogen (secondary N) is 1. The summed E-state index contributed by atoms with van der Waals surface area (Å²) in [6.07, 6.45) is 4.87. The first-order valence-corrected chi connectivity index (χ1v) is 16.1. The summed E-state index contributed by atoms with van der Waals surface area (Å²) in [7, 11) is -4.19. The van der Waals surface area contributed by atoms with E-state index in [4.69, 9.17) is 23.2 Å². The van der Waals surface area contributed by atoms with Crippen LogP contribution in [0.1, 0.15) is 44.6 Å². The van der Waals surface area contributed by atoms with Gasteiger partial charge in [-0.1, -0.05) is 79.4 Å². The molecular weight excluding hydrogens is 581 g/mol. The first kappa shape index (κ1) is 30.9. The van der Waals surface area contributed by atoms with Crippen LogP contribution in [0.2, 0.25) is 10.0 Å². The summed E-state index contributed by atoms with van der Waals surface area (Å²) in [5.41, 5.74) is 1.25. The van der Waals surface area contributed by atoms with Gasteiger partial charge < -0.3 is 10.2 Å². The lowest BCUT2D eigenvalue weighted by Gasteiger charge is -2.33. The maximum Gasteiger partial charge on any atom is 0.264 e. The molecule has 1 N–H and O–H groups in total. The van der Waals surface area contributed by atoms with E-state index >= 15 is 0 Å². The number of sulfonamides is 1. The molecule has 2 amide bonds. The number of hydrogen-bond acceptors (Lipinski definition) is 4. The number of halogens is 2. The molecule has 41 heavy (non-hydrogen) atoms. The second kappa shape index (κ2) is 14.2. The highest BCUT2D eigenvalue weighted by Gasteiger charge is 2.34. The fourth-order valence-corrected chi connectivity index (χ4v) is 6.87. The highest BCUT2D eigenvalue weighted by Crippen LogP contribution is 2.27. The molecule has 1 fully saturated rings. The second-order valence-electron chi connectivity index (χ2n) is 10.2. The molecule has 0 aliphatic heterocycles. The standard InChI is InChI=1S/C31H35Cl2N3O4S/c1-2-29(31(38)34-26-12-6-7-13-26)35(20-19-23-9-4-3-5-10-23)30(37)22-36(27-14-8-11-25(33)21-27)41(39,40)28-17-15-24(32)16-18-28/h3-5,8-11,14-18,21,26,29H,2,6-7,12-13,19-20,22H2,1H3,(H,34,38)/t29-/m0/s1. The van der Waals surface area contributed by atoms with Crippen LogP contribution in [0, 0.1) is 0 Å². The van der Waals surface area contributed by atoms with Gasteiger partial charge in [0, 0.05) is 22.6 Å². The maximum absolute atomic E-state index is 14.1. The van der Waals surface area contributed by atoms with Crippen molar-refractivity contribution in [1.82, 2.24) is 10.2 Å². The Bertz CT molecular complexity index is 1430. The van der Waals surface area contributed by atoms with Gasteiger partial charge in [-0.25, -0.2) is 8.42 Å². The molecule has 0 aromatic heterocycles. The third-order valence-corrected chi connectivity index (χ3v) is 9.62. The van der Waals surface area contributed by atoms with Gasteiger partial charge in [0.1, 0.15) is 12.6 Å². The first-order valence-electron chi connectivity index (χ1n) is 13.9. The highest BCUT2D eigenvalue weighted by molar-refractivity contribution is 7.92. The van der Waals surface area contributed by atoms with Crippen molar-refractivity contribution in [3.8, 4) is 0 Å². The van der Waals surface area contributed by atoms with Crippen LogP contribution in [-0.4, -0.2) is 50.3 Å². The summed E-state index contributed by atoms with van der Waals surface area (Å²) >= 11 is 12.2. The summed E-state index contributed by atoms with van der Waals surface area (Å²) in [4.78, 5) is 29.1. The van der Waals surface area contributed by atoms with E-state index in [-0.39, 0.29) is 29.1 Å². The number of amides is 2. The van der Waals surface area contributed by atoms with E-state index in [2.05, 4.69) is 5.32 Å². The molecule has 1 saturated carbocycles. The number of rotatable bonds is 12. The van der Waals surface area contributed by atoms with Gasteiger partial charge in [-0.05, 0) is 73.7 Å². The lowest BCUT2D eigenvalue weighted by atomic mass is 10.1. The van der Waals surface area contributed by atoms with Crippen molar-refractivity contribution in [3.05, 3.63) is 94.5 Å². The molecule has 218 valence electrons. The largest absolute Gasteiger partial charge is 0.352 e. The first-order chi connectivity index (χ1) is 19.7. The summed E-state index contributed by atoms with van der Waals surface area (Å²) in [6.45, 7) is 1.61. The third kappa shape index (κ3) is 8.03. The molecule has 0 saturated heterocycles. The van der Waals surface area contributed by atoms with Crippen molar-refractivity contribution in [2.45, 2.75) is 62.4 Å². The van der Waals surface area contributed by atoms with Gasteiger partial charge >= 0.3 is 0 Å². The van der Waals surface area contributed by atoms with E-state index in [0.29, 0.717) is 22.9 Å². The molecule has 1 aliphatic carbocycles. The van der Waals surface area contributed by atoms with E-state index in [0.717, 1.165) is 35.6 Å². The highest BCUT2D eigenvalue weighted by atomic mass is 35.5. The zero-order valence-corrected chi connectivity index (χ0v) is 25.3. The molecular formula is C31H35Cl2N3O4S. The predicted octanol–water partition coefficient (Wildman–Crippen LogP) is 6.10. The Labute approximate surface area is 252 Å². The van der Waals surface area contributed by atoms with Gasteiger partial charge in [-0.3, -0.25) is 13.9 Å². The minimum Gasteiger partial charge on any atom is -0.352 e. The van der Waals surface area contributed by atoms with Crippen LogP contribution in [0.5, 0.6) is 0 Å². The van der Waals surface area contributed by atoms with Gasteiger partial charge in [0.05, 0.1) is 10.6 Å². The number of hydrogen-bond donors (Lipinski definition) is 1. The van der Waals surface area contributed by atoms with Gasteiger partial charge in [0.2, 0.25) is 11.8 Å². The number of carbonyl (C=O) groups excluding carboxylic acids is 2. The number of benzene rings is 3. The fraction of sp³-hybridized carbons (Fsp3) is 0.355. The van der Waals surface area contributed by atoms with Crippen LogP contribution in [0.15, 0.2) is 83.8 Å². The Balaban J connectivity index is 1.67. The van der Waals surface area contributed by atoms with Crippen molar-refractivity contribution in [2.24, 2.45) is 0 Å². The van der Waals surface area contributed by atoms with Crippen LogP contribution in [0.25, 0.3) is 0 Å². The van der Waals surface area contributed by atoms with E-state index < -0.39 is 28.5 Å². The molecule has 0 radical (unpaired) electrons. The zero-order chi connectivity index (χ0) is 29.4. The van der Waals surface area contributed by atoms with Crippen LogP contribution in [0.3, 0.4) is 0 Å². The number of anilines is 1. The molecule has 0 spiro atoms. The van der Waals surface area contributed by atoms with E-state index in [9.17, 15) is 18.0 Å². The number of nitrogens with zero attached hydrogens (tertiary/aromatic N) is 2. The molecule has 10 heteroatoms. The minimum atomic E-state index is -4.19. The summed E-state index contributed by atoms with van der Waals surface area (Å²) in [5, 5.41) is 3.84. The van der Waals surface area contributed by atoms with Crippen molar-refractivity contribution >= 4 is 50.7 Å². The van der Waals surface area contributed by atoms with Gasteiger partial charge in [-0.2, -0.15) is 0 Å². The average molecular weight is 617 g/mol. The maximum atomic E-state index is 14.1. The topological polar surface area (TPSA) is 86.8 Å². The lowest BCUT2D eigenvalue weighted by molar-refractivity contribution is -0.139. The summed E-state index contributed by atoms with van der Waals surface area (Å²) < 4.78 is 28.8. The molecule has 4 rings (SSSR count). The quantitative estimate of drug-likeness (QED) is 0.267. The van der Waals surface area contributed by atoms with Crippen LogP contribution >= 0.6 is 23.2 Å². The summed E-state index contributed by atoms with van der Waals surface area (Å²) in [5.74, 6) is -0.692. The zero-order valence-electron chi connectivity index (χ0n) is 23.0. The molecule has 3 aromatic carbocycles. The van der Waals surface area contributed by atoms with Crippen molar-refractivity contribution in [1.29, 1.82) is 0 Å². The van der Waals surface area contributed by atoms with Gasteiger partial charge in [-0.15, -0.1) is 0 Å². The molecule has 1 aliphatic rings. The van der Waals surface area contributed by atoms with E-state index in [1.165, 1.54) is 35.2 Å². The average Bonchev–Trinajstić information content (AvgIpc) is 3.47. The third-order valence-electron chi connectivity index (χ3n) is 7.35. The molecule has 7 nitrogen and oxygen atoms in total. The van der Waals surface area contributed by atoms with Crippen LogP contribution in [0.4, 0.5) is 5.69 Å². The Morgan fingerprint density at radius 3 is 2.24 bits per heavy atom. The molecule has 3 aromatic rings. The summed E-state index contributed by atoms with van der Waals surface area (Å²) in [6, 6.07) is 21.2. The molecule has 0 bridgehead atoms. The smallest absolute Gasteiger partial charge is 0.264 e. The Morgan fingerprint density at radius 1 is 0.927 bits per heavy atom. The molecule has 1 atom stereocenters. The second-order valence-corrected chi connectivity index (χ2v) is 12.9.